The van der Waals surface area contributed by atoms with Gasteiger partial charge in [0.15, 0.2) is 0 Å². The molecular weight excluding hydrogens is 311 g/mol. The van der Waals surface area contributed by atoms with Gasteiger partial charge in [0.05, 0.1) is 0 Å². The van der Waals surface area contributed by atoms with E-state index in [2.05, 4.69) is 53.2 Å². The molecule has 2 rings (SSSR count). The zero-order valence-electron chi connectivity index (χ0n) is 10.9. The summed E-state index contributed by atoms with van der Waals surface area (Å²) in [6.45, 7) is 13.4. The van der Waals surface area contributed by atoms with Gasteiger partial charge in [0, 0.05) is 42.7 Å². The van der Waals surface area contributed by atoms with Crippen LogP contribution in [0.5, 0.6) is 0 Å². The largest absolute Gasteiger partial charge is 0.300 e. The van der Waals surface area contributed by atoms with Gasteiger partial charge in [-0.2, -0.15) is 0 Å². The van der Waals surface area contributed by atoms with Crippen molar-refractivity contribution in [2.24, 2.45) is 5.41 Å². The maximum atomic E-state index is 2.69. The van der Waals surface area contributed by atoms with E-state index < -0.39 is 0 Å². The van der Waals surface area contributed by atoms with Gasteiger partial charge in [-0.15, -0.1) is 0 Å². The summed E-state index contributed by atoms with van der Waals surface area (Å²) in [7, 11) is 0. The lowest BCUT2D eigenvalue weighted by atomic mass is 10.0. The van der Waals surface area contributed by atoms with E-state index in [-0.39, 0.29) is 0 Å². The lowest BCUT2D eigenvalue weighted by molar-refractivity contribution is 0.0551. The second-order valence-corrected chi connectivity index (χ2v) is 7.33. The summed E-state index contributed by atoms with van der Waals surface area (Å²) < 4.78 is 1.35. The maximum Gasteiger partial charge on any atom is 0.0126 e. The van der Waals surface area contributed by atoms with Crippen molar-refractivity contribution in [1.29, 1.82) is 0 Å². The van der Waals surface area contributed by atoms with Crippen LogP contribution in [-0.4, -0.2) is 52.5 Å². The third-order valence-electron chi connectivity index (χ3n) is 4.12. The van der Waals surface area contributed by atoms with Crippen molar-refractivity contribution >= 4 is 22.6 Å². The highest BCUT2D eigenvalue weighted by molar-refractivity contribution is 14.1. The van der Waals surface area contributed by atoms with Crippen LogP contribution in [-0.2, 0) is 0 Å². The molecule has 0 N–H and O–H groups in total. The number of rotatable bonds is 3. The fourth-order valence-electron chi connectivity index (χ4n) is 2.56. The molecular formula is C13H25IN2. The first-order valence-electron chi connectivity index (χ1n) is 6.49. The molecule has 1 aliphatic heterocycles. The molecule has 3 heteroatoms. The Morgan fingerprint density at radius 1 is 1.06 bits per heavy atom. The number of hydrogen-bond donors (Lipinski definition) is 0. The lowest BCUT2D eigenvalue weighted by Crippen LogP contribution is -2.54. The maximum absolute atomic E-state index is 2.69. The van der Waals surface area contributed by atoms with Gasteiger partial charge in [-0.25, -0.2) is 0 Å². The quantitative estimate of drug-likeness (QED) is 0.577. The third kappa shape index (κ3) is 3.10. The van der Waals surface area contributed by atoms with E-state index in [9.17, 15) is 0 Å². The Kier molecular flexibility index (Phi) is 3.87. The molecule has 0 aromatic rings. The van der Waals surface area contributed by atoms with Crippen LogP contribution >= 0.6 is 22.6 Å². The molecule has 2 aliphatic rings. The molecule has 0 radical (unpaired) electrons. The number of alkyl halides is 1. The van der Waals surface area contributed by atoms with Crippen LogP contribution in [0.2, 0.25) is 0 Å². The molecule has 2 nitrogen and oxygen atoms in total. The van der Waals surface area contributed by atoms with Crippen molar-refractivity contribution in [2.75, 3.05) is 37.2 Å². The van der Waals surface area contributed by atoms with Gasteiger partial charge in [-0.05, 0) is 39.0 Å². The zero-order chi connectivity index (χ0) is 11.8. The Morgan fingerprint density at radius 3 is 2.00 bits per heavy atom. The van der Waals surface area contributed by atoms with E-state index in [1.165, 1.54) is 50.0 Å². The minimum Gasteiger partial charge on any atom is -0.300 e. The topological polar surface area (TPSA) is 6.48 Å². The summed E-state index contributed by atoms with van der Waals surface area (Å²) in [5, 5.41) is 0. The van der Waals surface area contributed by atoms with Gasteiger partial charge < -0.3 is 4.90 Å². The van der Waals surface area contributed by atoms with Crippen molar-refractivity contribution in [3.05, 3.63) is 0 Å². The monoisotopic (exact) mass is 336 g/mol. The SMILES string of the molecule is CC(C)(C)N1CCN(CC2(CI)CC2)CC1. The van der Waals surface area contributed by atoms with Gasteiger partial charge >= 0.3 is 0 Å². The predicted octanol–water partition coefficient (Wildman–Crippen LogP) is 2.62. The number of hydrogen-bond acceptors (Lipinski definition) is 2. The number of piperazine rings is 1. The van der Waals surface area contributed by atoms with E-state index in [1.54, 1.807) is 0 Å². The molecule has 94 valence electrons. The standard InChI is InChI=1S/C13H25IN2/c1-12(2,3)16-8-6-15(7-9-16)11-13(10-14)4-5-13/h4-11H2,1-3H3. The Balaban J connectivity index is 1.77. The van der Waals surface area contributed by atoms with Gasteiger partial charge in [0.25, 0.3) is 0 Å². The van der Waals surface area contributed by atoms with Gasteiger partial charge in [-0.3, -0.25) is 4.90 Å². The molecule has 0 atom stereocenters. The molecule has 0 aromatic heterocycles. The molecule has 1 aliphatic carbocycles. The molecule has 1 heterocycles. The van der Waals surface area contributed by atoms with E-state index in [1.807, 2.05) is 0 Å². The van der Waals surface area contributed by atoms with E-state index in [0.717, 1.165) is 0 Å². The highest BCUT2D eigenvalue weighted by Gasteiger charge is 2.43. The molecule has 0 bridgehead atoms. The van der Waals surface area contributed by atoms with Crippen molar-refractivity contribution in [1.82, 2.24) is 9.80 Å². The van der Waals surface area contributed by atoms with Crippen molar-refractivity contribution in [3.8, 4) is 0 Å². The lowest BCUT2D eigenvalue weighted by Gasteiger charge is -2.43. The van der Waals surface area contributed by atoms with Crippen LogP contribution in [0.25, 0.3) is 0 Å². The average Bonchev–Trinajstić information content (AvgIpc) is 2.98. The first kappa shape index (κ1) is 13.1. The van der Waals surface area contributed by atoms with Crippen LogP contribution < -0.4 is 0 Å². The summed E-state index contributed by atoms with van der Waals surface area (Å²) in [5.41, 5.74) is 1.07. The van der Waals surface area contributed by atoms with Crippen LogP contribution in [0.4, 0.5) is 0 Å². The zero-order valence-corrected chi connectivity index (χ0v) is 13.1. The van der Waals surface area contributed by atoms with Crippen molar-refractivity contribution < 1.29 is 0 Å². The second kappa shape index (κ2) is 4.73. The van der Waals surface area contributed by atoms with E-state index in [0.29, 0.717) is 11.0 Å². The summed E-state index contributed by atoms with van der Waals surface area (Å²) in [5.74, 6) is 0. The fraction of sp³-hybridized carbons (Fsp3) is 1.00. The molecule has 2 fully saturated rings. The van der Waals surface area contributed by atoms with Crippen molar-refractivity contribution in [3.63, 3.8) is 0 Å². The third-order valence-corrected chi connectivity index (χ3v) is 5.74. The Morgan fingerprint density at radius 2 is 1.62 bits per heavy atom. The first-order valence-corrected chi connectivity index (χ1v) is 8.01. The van der Waals surface area contributed by atoms with Crippen LogP contribution in [0.15, 0.2) is 0 Å². The summed E-state index contributed by atoms with van der Waals surface area (Å²) in [6.07, 6.45) is 2.94. The van der Waals surface area contributed by atoms with Crippen LogP contribution in [0, 0.1) is 5.41 Å². The molecule has 1 saturated heterocycles. The number of nitrogens with zero attached hydrogens (tertiary/aromatic N) is 2. The van der Waals surface area contributed by atoms with Crippen molar-refractivity contribution in [2.45, 2.75) is 39.2 Å². The van der Waals surface area contributed by atoms with E-state index >= 15 is 0 Å². The second-order valence-electron chi connectivity index (χ2n) is 6.57. The first-order chi connectivity index (χ1) is 7.45. The Labute approximate surface area is 114 Å². The fourth-order valence-corrected chi connectivity index (χ4v) is 3.57. The molecule has 0 amide bonds. The number of halogens is 1. The molecule has 16 heavy (non-hydrogen) atoms. The normalized spacial score (nSPS) is 27.0. The molecule has 0 unspecified atom stereocenters. The minimum absolute atomic E-state index is 0.354. The Hall–Kier alpha value is 0.650. The minimum atomic E-state index is 0.354. The summed E-state index contributed by atoms with van der Waals surface area (Å²) in [4.78, 5) is 5.31. The van der Waals surface area contributed by atoms with Crippen LogP contribution in [0.3, 0.4) is 0 Å². The van der Waals surface area contributed by atoms with Gasteiger partial charge in [0.1, 0.15) is 0 Å². The molecule has 0 aromatic carbocycles. The van der Waals surface area contributed by atoms with Crippen LogP contribution in [0.1, 0.15) is 33.6 Å². The van der Waals surface area contributed by atoms with Gasteiger partial charge in [-0.1, -0.05) is 22.6 Å². The molecule has 0 spiro atoms. The average molecular weight is 336 g/mol. The smallest absolute Gasteiger partial charge is 0.0126 e. The van der Waals surface area contributed by atoms with Gasteiger partial charge in [0.2, 0.25) is 0 Å². The predicted molar refractivity (Wildman–Crippen MR) is 78.3 cm³/mol. The van der Waals surface area contributed by atoms with E-state index in [4.69, 9.17) is 0 Å². The molecule has 1 saturated carbocycles. The highest BCUT2D eigenvalue weighted by atomic mass is 127. The summed E-state index contributed by atoms with van der Waals surface area (Å²) in [6, 6.07) is 0. The Bertz CT molecular complexity index is 235. The summed E-state index contributed by atoms with van der Waals surface area (Å²) >= 11 is 2.57. The highest BCUT2D eigenvalue weighted by Crippen LogP contribution is 2.47.